The van der Waals surface area contributed by atoms with Crippen LogP contribution in [0.1, 0.15) is 52.7 Å². The van der Waals surface area contributed by atoms with Crippen molar-refractivity contribution in [3.63, 3.8) is 0 Å². The van der Waals surface area contributed by atoms with Crippen molar-refractivity contribution in [1.29, 1.82) is 0 Å². The molecule has 1 atom stereocenters. The monoisotopic (exact) mass is 437 g/mol. The minimum absolute atomic E-state index is 0.00111. The molecule has 170 valence electrons. The van der Waals surface area contributed by atoms with Crippen LogP contribution in [-0.2, 0) is 17.8 Å². The van der Waals surface area contributed by atoms with Crippen LogP contribution in [0.15, 0.2) is 42.5 Å². The van der Waals surface area contributed by atoms with E-state index in [1.54, 1.807) is 0 Å². The normalized spacial score (nSPS) is 18.3. The van der Waals surface area contributed by atoms with Gasteiger partial charge in [-0.15, -0.1) is 0 Å². The summed E-state index contributed by atoms with van der Waals surface area (Å²) in [6.07, 6.45) is 2.60. The largest absolute Gasteiger partial charge is 0.479 e. The quantitative estimate of drug-likeness (QED) is 0.641. The maximum Gasteiger partial charge on any atom is 0.337 e. The number of carbonyl (C=O) groups excluding carboxylic acids is 1. The Morgan fingerprint density at radius 2 is 1.88 bits per heavy atom. The first-order valence-corrected chi connectivity index (χ1v) is 11.2. The molecule has 1 saturated heterocycles. The predicted octanol–water partition coefficient (Wildman–Crippen LogP) is 2.36. The molecule has 0 radical (unpaired) electrons. The summed E-state index contributed by atoms with van der Waals surface area (Å²) in [4.78, 5) is 28.3. The summed E-state index contributed by atoms with van der Waals surface area (Å²) >= 11 is 0. The van der Waals surface area contributed by atoms with Gasteiger partial charge in [-0.25, -0.2) is 4.79 Å². The van der Waals surface area contributed by atoms with Gasteiger partial charge >= 0.3 is 5.97 Å². The van der Waals surface area contributed by atoms with Gasteiger partial charge in [0.05, 0.1) is 6.54 Å². The number of nitrogens with two attached hydrogens (primary N) is 1. The molecule has 1 unspecified atom stereocenters. The summed E-state index contributed by atoms with van der Waals surface area (Å²) in [5, 5.41) is 19.4. The van der Waals surface area contributed by atoms with Crippen LogP contribution in [0, 0.1) is 0 Å². The average molecular weight is 438 g/mol. The highest BCUT2D eigenvalue weighted by molar-refractivity contribution is 5.95. The summed E-state index contributed by atoms with van der Waals surface area (Å²) in [6.45, 7) is 3.85. The lowest BCUT2D eigenvalue weighted by Crippen LogP contribution is -2.46. The Morgan fingerprint density at radius 1 is 1.12 bits per heavy atom. The smallest absolute Gasteiger partial charge is 0.337 e. The number of rotatable bonds is 6. The van der Waals surface area contributed by atoms with Gasteiger partial charge in [-0.1, -0.05) is 30.3 Å². The average Bonchev–Trinajstić information content (AvgIpc) is 3.20. The minimum Gasteiger partial charge on any atom is -0.479 e. The lowest BCUT2D eigenvalue weighted by Gasteiger charge is -2.33. The second-order valence-corrected chi connectivity index (χ2v) is 9.11. The summed E-state index contributed by atoms with van der Waals surface area (Å²) in [6, 6.07) is 14.0. The molecule has 2 aromatic rings. The molecule has 2 aliphatic rings. The van der Waals surface area contributed by atoms with Crippen molar-refractivity contribution in [2.24, 2.45) is 5.73 Å². The lowest BCUT2D eigenvalue weighted by molar-refractivity contribution is -0.155. The Kier molecular flexibility index (Phi) is 6.22. The molecule has 0 aromatic heterocycles. The van der Waals surface area contributed by atoms with Crippen molar-refractivity contribution in [1.82, 2.24) is 4.90 Å². The molecule has 7 heteroatoms. The fraction of sp³-hybridized carbons (Fsp3) is 0.440. The first kappa shape index (κ1) is 22.3. The van der Waals surface area contributed by atoms with E-state index in [1.807, 2.05) is 40.1 Å². The Morgan fingerprint density at radius 3 is 2.56 bits per heavy atom. The van der Waals surface area contributed by atoms with Crippen LogP contribution in [-0.4, -0.2) is 58.8 Å². The second kappa shape index (κ2) is 8.92. The number of carboxylic acid groups (broad SMARTS) is 1. The molecule has 7 nitrogen and oxygen atoms in total. The molecule has 2 heterocycles. The van der Waals surface area contributed by atoms with E-state index in [4.69, 9.17) is 5.73 Å². The van der Waals surface area contributed by atoms with Crippen LogP contribution in [0.3, 0.4) is 0 Å². The Labute approximate surface area is 188 Å². The molecule has 0 bridgehead atoms. The van der Waals surface area contributed by atoms with Crippen LogP contribution in [0.2, 0.25) is 0 Å². The molecule has 0 spiro atoms. The Balaban J connectivity index is 1.43. The standard InChI is InChI=1S/C25H31N3O4/c1-25(32,24(30)31)16-28-12-9-19-5-6-21(14-22(19)28)23(29)27-10-7-18(8-11-27)20-4-2-3-17(13-20)15-26/h2-6,13-14,18,32H,7-12,15-16,26H2,1H3,(H,30,31). The fourth-order valence-corrected chi connectivity index (χ4v) is 4.75. The first-order chi connectivity index (χ1) is 15.3. The number of nitrogens with zero attached hydrogens (tertiary/aromatic N) is 2. The number of hydrogen-bond donors (Lipinski definition) is 3. The summed E-state index contributed by atoms with van der Waals surface area (Å²) in [5.74, 6) is -0.823. The van der Waals surface area contributed by atoms with E-state index in [0.717, 1.165) is 36.1 Å². The summed E-state index contributed by atoms with van der Waals surface area (Å²) in [5.41, 5.74) is 8.87. The fourth-order valence-electron chi connectivity index (χ4n) is 4.75. The highest BCUT2D eigenvalue weighted by atomic mass is 16.4. The van der Waals surface area contributed by atoms with Crippen molar-refractivity contribution in [2.45, 2.75) is 44.2 Å². The molecule has 4 N–H and O–H groups in total. The summed E-state index contributed by atoms with van der Waals surface area (Å²) < 4.78 is 0. The molecule has 0 saturated carbocycles. The van der Waals surface area contributed by atoms with Crippen LogP contribution < -0.4 is 10.6 Å². The third-order valence-corrected chi connectivity index (χ3v) is 6.72. The van der Waals surface area contributed by atoms with Gasteiger partial charge < -0.3 is 25.7 Å². The number of benzene rings is 2. The highest BCUT2D eigenvalue weighted by Gasteiger charge is 2.35. The molecule has 1 fully saturated rings. The van der Waals surface area contributed by atoms with Gasteiger partial charge in [0, 0.05) is 37.4 Å². The van der Waals surface area contributed by atoms with Crippen LogP contribution >= 0.6 is 0 Å². The van der Waals surface area contributed by atoms with Crippen LogP contribution in [0.4, 0.5) is 5.69 Å². The number of amides is 1. The maximum absolute atomic E-state index is 13.2. The van der Waals surface area contributed by atoms with Gasteiger partial charge in [-0.05, 0) is 60.9 Å². The molecular formula is C25H31N3O4. The third-order valence-electron chi connectivity index (χ3n) is 6.72. The van der Waals surface area contributed by atoms with Crippen molar-refractivity contribution in [2.75, 3.05) is 31.1 Å². The minimum atomic E-state index is -1.84. The van der Waals surface area contributed by atoms with Gasteiger partial charge in [0.2, 0.25) is 0 Å². The van der Waals surface area contributed by atoms with E-state index in [1.165, 1.54) is 12.5 Å². The first-order valence-electron chi connectivity index (χ1n) is 11.2. The Bertz CT molecular complexity index is 1010. The number of aliphatic carboxylic acids is 1. The van der Waals surface area contributed by atoms with Crippen molar-refractivity contribution < 1.29 is 19.8 Å². The van der Waals surface area contributed by atoms with Gasteiger partial charge in [0.25, 0.3) is 5.91 Å². The number of hydrogen-bond acceptors (Lipinski definition) is 5. The highest BCUT2D eigenvalue weighted by Crippen LogP contribution is 2.32. The second-order valence-electron chi connectivity index (χ2n) is 9.11. The van der Waals surface area contributed by atoms with E-state index >= 15 is 0 Å². The molecule has 1 amide bonds. The van der Waals surface area contributed by atoms with Gasteiger partial charge in [0.1, 0.15) is 0 Å². The van der Waals surface area contributed by atoms with Crippen molar-refractivity contribution in [3.8, 4) is 0 Å². The van der Waals surface area contributed by atoms with Gasteiger partial charge in [-0.2, -0.15) is 0 Å². The molecule has 2 aliphatic heterocycles. The summed E-state index contributed by atoms with van der Waals surface area (Å²) in [7, 11) is 0. The molecule has 4 rings (SSSR count). The number of carboxylic acids is 1. The predicted molar refractivity (Wildman–Crippen MR) is 123 cm³/mol. The van der Waals surface area contributed by atoms with E-state index < -0.39 is 11.6 Å². The number of fused-ring (bicyclic) bond motifs is 1. The number of carbonyl (C=O) groups is 2. The molecule has 0 aliphatic carbocycles. The number of aliphatic hydroxyl groups is 1. The van der Waals surface area contributed by atoms with Crippen molar-refractivity contribution >= 4 is 17.6 Å². The zero-order valence-electron chi connectivity index (χ0n) is 18.5. The molecule has 2 aromatic carbocycles. The van der Waals surface area contributed by atoms with Crippen LogP contribution in [0.25, 0.3) is 0 Å². The molecular weight excluding hydrogens is 406 g/mol. The zero-order chi connectivity index (χ0) is 22.9. The van der Waals surface area contributed by atoms with E-state index in [2.05, 4.69) is 12.1 Å². The number of anilines is 1. The van der Waals surface area contributed by atoms with Crippen LogP contribution in [0.5, 0.6) is 0 Å². The van der Waals surface area contributed by atoms with E-state index in [0.29, 0.717) is 37.7 Å². The topological polar surface area (TPSA) is 107 Å². The number of β-amino-alcohol motifs (C(OH)–C–C–N with tert-alkyl or cyclic N) is 1. The zero-order valence-corrected chi connectivity index (χ0v) is 18.5. The maximum atomic E-state index is 13.2. The van der Waals surface area contributed by atoms with Gasteiger partial charge in [-0.3, -0.25) is 4.79 Å². The number of piperidine rings is 1. The van der Waals surface area contributed by atoms with Crippen molar-refractivity contribution in [3.05, 3.63) is 64.7 Å². The Hall–Kier alpha value is -2.90. The lowest BCUT2D eigenvalue weighted by atomic mass is 9.88. The van der Waals surface area contributed by atoms with E-state index in [-0.39, 0.29) is 12.5 Å². The SMILES string of the molecule is CC(O)(CN1CCc2ccc(C(=O)N3CCC(c4cccc(CN)c4)CC3)cc21)C(=O)O. The third kappa shape index (κ3) is 4.49. The number of likely N-dealkylation sites (tertiary alicyclic amines) is 1. The van der Waals surface area contributed by atoms with Gasteiger partial charge in [0.15, 0.2) is 5.60 Å². The van der Waals surface area contributed by atoms with E-state index in [9.17, 15) is 19.8 Å². The molecule has 32 heavy (non-hydrogen) atoms.